The van der Waals surface area contributed by atoms with Crippen LogP contribution in [0.25, 0.3) is 0 Å². The standard InChI is InChI=1S/C9H12F3NO/c1-2-8(14)7-3-4-13(5-7)6-9(10,11)12/h3-5,8,14H,2,6H2,1H3. The van der Waals surface area contributed by atoms with Gasteiger partial charge in [0, 0.05) is 12.4 Å². The number of alkyl halides is 3. The Morgan fingerprint density at radius 2 is 2.14 bits per heavy atom. The van der Waals surface area contributed by atoms with Gasteiger partial charge in [-0.2, -0.15) is 13.2 Å². The minimum atomic E-state index is -4.21. The quantitative estimate of drug-likeness (QED) is 0.809. The molecule has 1 N–H and O–H groups in total. The van der Waals surface area contributed by atoms with Gasteiger partial charge in [0.2, 0.25) is 0 Å². The van der Waals surface area contributed by atoms with Crippen molar-refractivity contribution in [3.8, 4) is 0 Å². The molecule has 0 saturated heterocycles. The van der Waals surface area contributed by atoms with Crippen LogP contribution in [0.15, 0.2) is 18.5 Å². The van der Waals surface area contributed by atoms with Gasteiger partial charge in [0.25, 0.3) is 0 Å². The van der Waals surface area contributed by atoms with Crippen molar-refractivity contribution >= 4 is 0 Å². The third kappa shape index (κ3) is 3.06. The Labute approximate surface area is 80.0 Å². The summed E-state index contributed by atoms with van der Waals surface area (Å²) in [4.78, 5) is 0. The maximum Gasteiger partial charge on any atom is 0.406 e. The van der Waals surface area contributed by atoms with E-state index in [1.165, 1.54) is 18.5 Å². The molecule has 1 aromatic heterocycles. The van der Waals surface area contributed by atoms with E-state index in [1.807, 2.05) is 0 Å². The predicted octanol–water partition coefficient (Wildman–Crippen LogP) is 2.49. The van der Waals surface area contributed by atoms with Crippen molar-refractivity contribution < 1.29 is 18.3 Å². The van der Waals surface area contributed by atoms with Crippen LogP contribution < -0.4 is 0 Å². The summed E-state index contributed by atoms with van der Waals surface area (Å²) in [6, 6.07) is 1.50. The Morgan fingerprint density at radius 1 is 1.50 bits per heavy atom. The molecular formula is C9H12F3NO. The highest BCUT2D eigenvalue weighted by Gasteiger charge is 2.27. The smallest absolute Gasteiger partial charge is 0.388 e. The number of hydrogen-bond acceptors (Lipinski definition) is 1. The predicted molar refractivity (Wildman–Crippen MR) is 45.7 cm³/mol. The van der Waals surface area contributed by atoms with Crippen molar-refractivity contribution in [2.75, 3.05) is 0 Å². The summed E-state index contributed by atoms with van der Waals surface area (Å²) < 4.78 is 36.9. The van der Waals surface area contributed by atoms with E-state index in [1.54, 1.807) is 6.92 Å². The van der Waals surface area contributed by atoms with Crippen LogP contribution in [0.3, 0.4) is 0 Å². The Bertz CT molecular complexity index is 292. The van der Waals surface area contributed by atoms with Gasteiger partial charge in [-0.3, -0.25) is 0 Å². The Kier molecular flexibility index (Phi) is 3.21. The van der Waals surface area contributed by atoms with Gasteiger partial charge in [-0.1, -0.05) is 6.92 Å². The maximum atomic E-state index is 12.0. The molecule has 1 rings (SSSR count). The van der Waals surface area contributed by atoms with Crippen LogP contribution in [0.1, 0.15) is 25.0 Å². The van der Waals surface area contributed by atoms with Crippen LogP contribution in [0, 0.1) is 0 Å². The number of rotatable bonds is 3. The molecule has 1 heterocycles. The van der Waals surface area contributed by atoms with Crippen molar-refractivity contribution in [1.82, 2.24) is 4.57 Å². The zero-order valence-electron chi connectivity index (χ0n) is 7.75. The molecule has 0 bridgehead atoms. The average molecular weight is 207 g/mol. The van der Waals surface area contributed by atoms with Crippen molar-refractivity contribution in [1.29, 1.82) is 0 Å². The van der Waals surface area contributed by atoms with Crippen molar-refractivity contribution in [3.63, 3.8) is 0 Å². The molecular weight excluding hydrogens is 195 g/mol. The fraction of sp³-hybridized carbons (Fsp3) is 0.556. The molecule has 14 heavy (non-hydrogen) atoms. The highest BCUT2D eigenvalue weighted by Crippen LogP contribution is 2.21. The molecule has 80 valence electrons. The normalized spacial score (nSPS) is 14.4. The highest BCUT2D eigenvalue weighted by atomic mass is 19.4. The summed E-state index contributed by atoms with van der Waals surface area (Å²) in [6.07, 6.45) is -1.75. The van der Waals surface area contributed by atoms with E-state index in [4.69, 9.17) is 0 Å². The monoisotopic (exact) mass is 207 g/mol. The summed E-state index contributed by atoms with van der Waals surface area (Å²) in [5.74, 6) is 0. The fourth-order valence-electron chi connectivity index (χ4n) is 1.20. The molecule has 0 aromatic carbocycles. The number of aliphatic hydroxyl groups is 1. The van der Waals surface area contributed by atoms with Crippen LogP contribution in [-0.2, 0) is 6.54 Å². The lowest BCUT2D eigenvalue weighted by Gasteiger charge is -2.07. The number of halogens is 3. The van der Waals surface area contributed by atoms with Gasteiger partial charge in [-0.15, -0.1) is 0 Å². The molecule has 0 fully saturated rings. The average Bonchev–Trinajstić information content (AvgIpc) is 2.48. The van der Waals surface area contributed by atoms with Gasteiger partial charge >= 0.3 is 6.18 Å². The molecule has 1 atom stereocenters. The van der Waals surface area contributed by atoms with Crippen LogP contribution in [0.5, 0.6) is 0 Å². The van der Waals surface area contributed by atoms with Gasteiger partial charge in [0.05, 0.1) is 6.10 Å². The van der Waals surface area contributed by atoms with E-state index >= 15 is 0 Å². The molecule has 0 aliphatic heterocycles. The highest BCUT2D eigenvalue weighted by molar-refractivity contribution is 5.13. The number of hydrogen-bond donors (Lipinski definition) is 1. The van der Waals surface area contributed by atoms with E-state index in [0.29, 0.717) is 12.0 Å². The second-order valence-corrected chi connectivity index (χ2v) is 3.16. The lowest BCUT2D eigenvalue weighted by Crippen LogP contribution is -2.16. The molecule has 1 aromatic rings. The van der Waals surface area contributed by atoms with Gasteiger partial charge in [0.1, 0.15) is 6.54 Å². The van der Waals surface area contributed by atoms with Crippen molar-refractivity contribution in [3.05, 3.63) is 24.0 Å². The van der Waals surface area contributed by atoms with Crippen LogP contribution in [0.2, 0.25) is 0 Å². The van der Waals surface area contributed by atoms with Crippen LogP contribution in [0.4, 0.5) is 13.2 Å². The van der Waals surface area contributed by atoms with Gasteiger partial charge in [0.15, 0.2) is 0 Å². The number of aliphatic hydroxyl groups excluding tert-OH is 1. The zero-order valence-corrected chi connectivity index (χ0v) is 7.75. The third-order valence-corrected chi connectivity index (χ3v) is 1.91. The van der Waals surface area contributed by atoms with E-state index in [9.17, 15) is 18.3 Å². The van der Waals surface area contributed by atoms with Crippen LogP contribution in [-0.4, -0.2) is 15.8 Å². The van der Waals surface area contributed by atoms with E-state index < -0.39 is 18.8 Å². The summed E-state index contributed by atoms with van der Waals surface area (Å²) in [7, 11) is 0. The summed E-state index contributed by atoms with van der Waals surface area (Å²) in [5.41, 5.74) is 0.525. The van der Waals surface area contributed by atoms with E-state index in [-0.39, 0.29) is 0 Å². The number of nitrogens with zero attached hydrogens (tertiary/aromatic N) is 1. The second kappa shape index (κ2) is 4.04. The summed E-state index contributed by atoms with van der Waals surface area (Å²) in [5, 5.41) is 9.35. The first kappa shape index (κ1) is 11.1. The molecule has 0 aliphatic carbocycles. The first-order valence-electron chi connectivity index (χ1n) is 4.33. The fourth-order valence-corrected chi connectivity index (χ4v) is 1.20. The van der Waals surface area contributed by atoms with Gasteiger partial charge in [-0.25, -0.2) is 0 Å². The summed E-state index contributed by atoms with van der Waals surface area (Å²) >= 11 is 0. The van der Waals surface area contributed by atoms with Crippen LogP contribution >= 0.6 is 0 Å². The van der Waals surface area contributed by atoms with E-state index in [2.05, 4.69) is 0 Å². The van der Waals surface area contributed by atoms with Crippen molar-refractivity contribution in [2.24, 2.45) is 0 Å². The van der Waals surface area contributed by atoms with E-state index in [0.717, 1.165) is 4.57 Å². The zero-order chi connectivity index (χ0) is 10.8. The molecule has 2 nitrogen and oxygen atoms in total. The number of aromatic nitrogens is 1. The first-order chi connectivity index (χ1) is 6.42. The summed E-state index contributed by atoms with van der Waals surface area (Å²) in [6.45, 7) is 0.759. The minimum Gasteiger partial charge on any atom is -0.388 e. The van der Waals surface area contributed by atoms with Gasteiger partial charge in [-0.05, 0) is 18.1 Å². The molecule has 0 radical (unpaired) electrons. The molecule has 0 spiro atoms. The SMILES string of the molecule is CCC(O)c1ccn(CC(F)(F)F)c1. The molecule has 0 saturated carbocycles. The topological polar surface area (TPSA) is 25.2 Å². The van der Waals surface area contributed by atoms with Gasteiger partial charge < -0.3 is 9.67 Å². The largest absolute Gasteiger partial charge is 0.406 e. The maximum absolute atomic E-state index is 12.0. The lowest BCUT2D eigenvalue weighted by molar-refractivity contribution is -0.140. The molecule has 1 unspecified atom stereocenters. The molecule has 0 amide bonds. The Morgan fingerprint density at radius 3 is 2.64 bits per heavy atom. The third-order valence-electron chi connectivity index (χ3n) is 1.91. The second-order valence-electron chi connectivity index (χ2n) is 3.16. The Balaban J connectivity index is 2.69. The lowest BCUT2D eigenvalue weighted by atomic mass is 10.1. The molecule has 5 heteroatoms. The Hall–Kier alpha value is -0.970. The first-order valence-corrected chi connectivity index (χ1v) is 4.33. The van der Waals surface area contributed by atoms with Crippen molar-refractivity contribution in [2.45, 2.75) is 32.2 Å². The molecule has 0 aliphatic rings. The minimum absolute atomic E-state index is 0.496.